The molecule has 3 unspecified atom stereocenters. The van der Waals surface area contributed by atoms with Gasteiger partial charge in [0.2, 0.25) is 0 Å². The molecule has 2 aliphatic rings. The number of benzene rings is 2. The molecular formula is C21H25NO2. The van der Waals surface area contributed by atoms with Gasteiger partial charge in [-0.2, -0.15) is 0 Å². The zero-order valence-electron chi connectivity index (χ0n) is 14.6. The molecule has 4 rings (SSSR count). The lowest BCUT2D eigenvalue weighted by molar-refractivity contribution is 0.285. The number of fused-ring (bicyclic) bond motifs is 3. The lowest BCUT2D eigenvalue weighted by Gasteiger charge is -2.31. The van der Waals surface area contributed by atoms with Gasteiger partial charge in [0.15, 0.2) is 11.5 Å². The van der Waals surface area contributed by atoms with E-state index >= 15 is 0 Å². The molecular weight excluding hydrogens is 298 g/mol. The monoisotopic (exact) mass is 323 g/mol. The summed E-state index contributed by atoms with van der Waals surface area (Å²) in [6, 6.07) is 13.7. The first-order chi connectivity index (χ1) is 11.7. The van der Waals surface area contributed by atoms with Crippen molar-refractivity contribution in [3.8, 4) is 11.5 Å². The minimum Gasteiger partial charge on any atom is -0.493 e. The maximum atomic E-state index is 5.81. The van der Waals surface area contributed by atoms with E-state index in [0.717, 1.165) is 18.0 Å². The van der Waals surface area contributed by atoms with Crippen LogP contribution in [0.15, 0.2) is 36.4 Å². The second-order valence-electron chi connectivity index (χ2n) is 6.93. The van der Waals surface area contributed by atoms with Crippen LogP contribution >= 0.6 is 0 Å². The average molecular weight is 323 g/mol. The number of nitrogens with one attached hydrogen (secondary N) is 1. The Kier molecular flexibility index (Phi) is 3.97. The Bertz CT molecular complexity index is 738. The Hall–Kier alpha value is -2.00. The van der Waals surface area contributed by atoms with Crippen molar-refractivity contribution in [1.82, 2.24) is 5.32 Å². The highest BCUT2D eigenvalue weighted by atomic mass is 16.5. The maximum absolute atomic E-state index is 5.81. The zero-order valence-corrected chi connectivity index (χ0v) is 14.6. The van der Waals surface area contributed by atoms with Crippen LogP contribution in [0.2, 0.25) is 0 Å². The normalized spacial score (nSPS) is 25.0. The number of rotatable bonds is 3. The third-order valence-electron chi connectivity index (χ3n) is 5.64. The van der Waals surface area contributed by atoms with Gasteiger partial charge in [0.05, 0.1) is 14.2 Å². The van der Waals surface area contributed by atoms with Crippen LogP contribution in [0, 0.1) is 12.8 Å². The van der Waals surface area contributed by atoms with Crippen molar-refractivity contribution in [2.24, 2.45) is 5.92 Å². The van der Waals surface area contributed by atoms with Crippen LogP contribution in [0.1, 0.15) is 47.1 Å². The van der Waals surface area contributed by atoms with Crippen LogP contribution in [0.25, 0.3) is 0 Å². The molecule has 1 saturated heterocycles. The molecule has 2 aromatic rings. The van der Waals surface area contributed by atoms with E-state index in [1.54, 1.807) is 14.2 Å². The molecule has 1 aliphatic carbocycles. The molecule has 3 nitrogen and oxygen atoms in total. The Labute approximate surface area is 144 Å². The highest BCUT2D eigenvalue weighted by Gasteiger charge is 2.44. The molecule has 0 radical (unpaired) electrons. The van der Waals surface area contributed by atoms with Gasteiger partial charge >= 0.3 is 0 Å². The van der Waals surface area contributed by atoms with E-state index in [0.29, 0.717) is 17.9 Å². The van der Waals surface area contributed by atoms with Crippen molar-refractivity contribution in [2.45, 2.75) is 31.7 Å². The first-order valence-corrected chi connectivity index (χ1v) is 8.79. The quantitative estimate of drug-likeness (QED) is 0.918. The topological polar surface area (TPSA) is 30.5 Å². The van der Waals surface area contributed by atoms with E-state index in [-0.39, 0.29) is 0 Å². The summed E-state index contributed by atoms with van der Waals surface area (Å²) >= 11 is 0. The minimum absolute atomic E-state index is 0.364. The van der Waals surface area contributed by atoms with E-state index in [2.05, 4.69) is 42.6 Å². The Morgan fingerprint density at radius 3 is 2.50 bits per heavy atom. The van der Waals surface area contributed by atoms with Gasteiger partial charge in [0.1, 0.15) is 0 Å². The number of methoxy groups -OCH3 is 2. The van der Waals surface area contributed by atoms with Gasteiger partial charge in [-0.15, -0.1) is 0 Å². The average Bonchev–Trinajstić information content (AvgIpc) is 2.96. The van der Waals surface area contributed by atoms with E-state index in [4.69, 9.17) is 9.47 Å². The highest BCUT2D eigenvalue weighted by molar-refractivity contribution is 5.59. The van der Waals surface area contributed by atoms with E-state index in [1.165, 1.54) is 35.1 Å². The summed E-state index contributed by atoms with van der Waals surface area (Å²) in [6.45, 7) is 3.23. The Morgan fingerprint density at radius 2 is 1.79 bits per heavy atom. The smallest absolute Gasteiger partial charge is 0.164 e. The number of hydrogen-bond donors (Lipinski definition) is 1. The molecule has 0 saturated carbocycles. The van der Waals surface area contributed by atoms with Crippen LogP contribution in [0.4, 0.5) is 0 Å². The molecule has 1 fully saturated rings. The predicted molar refractivity (Wildman–Crippen MR) is 96.0 cm³/mol. The number of hydrogen-bond acceptors (Lipinski definition) is 3. The van der Waals surface area contributed by atoms with Crippen molar-refractivity contribution in [3.05, 3.63) is 58.7 Å². The largest absolute Gasteiger partial charge is 0.493 e. The van der Waals surface area contributed by atoms with Crippen LogP contribution in [-0.2, 0) is 0 Å². The molecule has 1 N–H and O–H groups in total. The number of piperidine rings is 1. The molecule has 3 atom stereocenters. The summed E-state index contributed by atoms with van der Waals surface area (Å²) < 4.78 is 11.4. The van der Waals surface area contributed by atoms with Crippen molar-refractivity contribution in [1.29, 1.82) is 0 Å². The number of ether oxygens (including phenoxy) is 2. The third-order valence-corrected chi connectivity index (χ3v) is 5.64. The third kappa shape index (κ3) is 2.30. The summed E-state index contributed by atoms with van der Waals surface area (Å²) in [5.74, 6) is 2.67. The van der Waals surface area contributed by atoms with Gasteiger partial charge in [-0.25, -0.2) is 0 Å². The number of aryl methyl sites for hydroxylation is 1. The van der Waals surface area contributed by atoms with Crippen LogP contribution in [0.5, 0.6) is 11.5 Å². The lowest BCUT2D eigenvalue weighted by Crippen LogP contribution is -2.32. The predicted octanol–water partition coefficient (Wildman–Crippen LogP) is 4.20. The molecule has 3 heteroatoms. The molecule has 24 heavy (non-hydrogen) atoms. The first-order valence-electron chi connectivity index (χ1n) is 8.79. The molecule has 1 aliphatic heterocycles. The summed E-state index contributed by atoms with van der Waals surface area (Å²) in [7, 11) is 3.46. The van der Waals surface area contributed by atoms with Gasteiger partial charge in [0.25, 0.3) is 0 Å². The molecule has 0 amide bonds. The fraction of sp³-hybridized carbons (Fsp3) is 0.429. The van der Waals surface area contributed by atoms with Crippen molar-refractivity contribution < 1.29 is 9.47 Å². The summed E-state index contributed by atoms with van der Waals surface area (Å²) in [5.41, 5.74) is 5.37. The Balaban J connectivity index is 1.91. The lowest BCUT2D eigenvalue weighted by atomic mass is 9.80. The van der Waals surface area contributed by atoms with Gasteiger partial charge in [0, 0.05) is 17.5 Å². The van der Waals surface area contributed by atoms with E-state index in [1.807, 2.05) is 6.07 Å². The SMILES string of the molecule is COc1ccc2c(c1OC)C(c1ccc(C)cc1)C1CCCNC21. The summed E-state index contributed by atoms with van der Waals surface area (Å²) in [4.78, 5) is 0. The van der Waals surface area contributed by atoms with Crippen LogP contribution in [-0.4, -0.2) is 20.8 Å². The van der Waals surface area contributed by atoms with E-state index < -0.39 is 0 Å². The molecule has 0 spiro atoms. The van der Waals surface area contributed by atoms with Gasteiger partial charge < -0.3 is 14.8 Å². The second kappa shape index (κ2) is 6.14. The van der Waals surface area contributed by atoms with Crippen molar-refractivity contribution in [2.75, 3.05) is 20.8 Å². The fourth-order valence-corrected chi connectivity index (χ4v) is 4.57. The Morgan fingerprint density at radius 1 is 1.00 bits per heavy atom. The van der Waals surface area contributed by atoms with Crippen molar-refractivity contribution in [3.63, 3.8) is 0 Å². The highest BCUT2D eigenvalue weighted by Crippen LogP contribution is 2.56. The second-order valence-corrected chi connectivity index (χ2v) is 6.93. The molecule has 126 valence electrons. The maximum Gasteiger partial charge on any atom is 0.164 e. The fourth-order valence-electron chi connectivity index (χ4n) is 4.57. The van der Waals surface area contributed by atoms with Gasteiger partial charge in [-0.1, -0.05) is 35.9 Å². The summed E-state index contributed by atoms with van der Waals surface area (Å²) in [5, 5.41) is 3.74. The molecule has 0 bridgehead atoms. The zero-order chi connectivity index (χ0) is 16.7. The first kappa shape index (κ1) is 15.5. The van der Waals surface area contributed by atoms with Crippen molar-refractivity contribution >= 4 is 0 Å². The summed E-state index contributed by atoms with van der Waals surface area (Å²) in [6.07, 6.45) is 2.48. The minimum atomic E-state index is 0.364. The molecule has 0 aromatic heterocycles. The molecule has 2 aromatic carbocycles. The molecule has 1 heterocycles. The van der Waals surface area contributed by atoms with E-state index in [9.17, 15) is 0 Å². The van der Waals surface area contributed by atoms with Gasteiger partial charge in [-0.3, -0.25) is 0 Å². The van der Waals surface area contributed by atoms with Crippen LogP contribution < -0.4 is 14.8 Å². The van der Waals surface area contributed by atoms with Gasteiger partial charge in [-0.05, 0) is 49.4 Å². The van der Waals surface area contributed by atoms with Crippen LogP contribution in [0.3, 0.4) is 0 Å². The standard InChI is InChI=1S/C21H25NO2/c1-13-6-8-14(9-7-13)18-15-5-4-12-22-20(15)16-10-11-17(23-2)21(24-3)19(16)18/h6-11,15,18,20,22H,4-5,12H2,1-3H3.